The van der Waals surface area contributed by atoms with Crippen molar-refractivity contribution >= 4 is 11.5 Å². The summed E-state index contributed by atoms with van der Waals surface area (Å²) in [6, 6.07) is 0.103. The molecule has 0 saturated carbocycles. The van der Waals surface area contributed by atoms with Crippen molar-refractivity contribution in [2.45, 2.75) is 39.3 Å². The van der Waals surface area contributed by atoms with Gasteiger partial charge in [0.1, 0.15) is 11.9 Å². The second-order valence-electron chi connectivity index (χ2n) is 4.19. The van der Waals surface area contributed by atoms with Gasteiger partial charge in [0.15, 0.2) is 0 Å². The second-order valence-corrected chi connectivity index (χ2v) is 5.00. The van der Waals surface area contributed by atoms with E-state index in [4.69, 9.17) is 0 Å². The van der Waals surface area contributed by atoms with Gasteiger partial charge >= 0.3 is 0 Å². The van der Waals surface area contributed by atoms with Crippen LogP contribution in [0, 0.1) is 0 Å². The Hall–Kier alpha value is -1.27. The van der Waals surface area contributed by atoms with Crippen LogP contribution in [0.1, 0.15) is 43.4 Å². The molecule has 5 nitrogen and oxygen atoms in total. The van der Waals surface area contributed by atoms with Crippen molar-refractivity contribution in [3.8, 4) is 0 Å². The van der Waals surface area contributed by atoms with Crippen molar-refractivity contribution in [2.24, 2.45) is 0 Å². The predicted octanol–water partition coefficient (Wildman–Crippen LogP) is 2.23. The van der Waals surface area contributed by atoms with Crippen molar-refractivity contribution < 1.29 is 0 Å². The molecular weight excluding hydrogens is 246 g/mol. The van der Waals surface area contributed by atoms with E-state index in [1.165, 1.54) is 11.5 Å². The molecule has 0 saturated heterocycles. The van der Waals surface area contributed by atoms with Crippen LogP contribution in [0.2, 0.25) is 0 Å². The Labute approximate surface area is 111 Å². The molecule has 0 spiro atoms. The number of hydrogen-bond acceptors (Lipinski definition) is 5. The zero-order valence-corrected chi connectivity index (χ0v) is 11.7. The number of rotatable bonds is 7. The third-order valence-corrected chi connectivity index (χ3v) is 3.46. The highest BCUT2D eigenvalue weighted by atomic mass is 32.1. The lowest BCUT2D eigenvalue weighted by Gasteiger charge is -2.17. The van der Waals surface area contributed by atoms with Gasteiger partial charge in [-0.15, -0.1) is 5.10 Å². The van der Waals surface area contributed by atoms with Crippen molar-refractivity contribution in [3.05, 3.63) is 29.3 Å². The van der Waals surface area contributed by atoms with Crippen LogP contribution in [0.25, 0.3) is 0 Å². The quantitative estimate of drug-likeness (QED) is 0.834. The van der Waals surface area contributed by atoms with E-state index in [0.29, 0.717) is 0 Å². The lowest BCUT2D eigenvalue weighted by molar-refractivity contribution is 0.535. The van der Waals surface area contributed by atoms with Crippen LogP contribution in [0.15, 0.2) is 18.6 Å². The second kappa shape index (κ2) is 6.61. The molecule has 2 aromatic rings. The van der Waals surface area contributed by atoms with Gasteiger partial charge < -0.3 is 9.88 Å². The number of nitrogens with one attached hydrogen (secondary N) is 1. The Balaban J connectivity index is 2.24. The minimum absolute atomic E-state index is 0.103. The first-order valence-electron chi connectivity index (χ1n) is 6.38. The van der Waals surface area contributed by atoms with Crippen molar-refractivity contribution in [1.29, 1.82) is 0 Å². The zero-order valence-electron chi connectivity index (χ0n) is 10.8. The monoisotopic (exact) mass is 265 g/mol. The maximum absolute atomic E-state index is 4.50. The molecule has 2 rings (SSSR count). The third-order valence-electron chi connectivity index (χ3n) is 2.73. The number of nitrogens with zero attached hydrogens (tertiary/aromatic N) is 4. The van der Waals surface area contributed by atoms with Crippen LogP contribution in [-0.4, -0.2) is 25.7 Å². The molecule has 1 atom stereocenters. The molecular formula is C12H19N5S. The van der Waals surface area contributed by atoms with Crippen molar-refractivity contribution in [3.63, 3.8) is 0 Å². The summed E-state index contributed by atoms with van der Waals surface area (Å²) in [5.41, 5.74) is 0. The Bertz CT molecular complexity index is 451. The molecule has 0 amide bonds. The molecule has 18 heavy (non-hydrogen) atoms. The van der Waals surface area contributed by atoms with Crippen LogP contribution in [-0.2, 0) is 6.54 Å². The Morgan fingerprint density at radius 3 is 2.94 bits per heavy atom. The van der Waals surface area contributed by atoms with Crippen molar-refractivity contribution in [2.75, 3.05) is 6.54 Å². The molecule has 98 valence electrons. The van der Waals surface area contributed by atoms with E-state index in [9.17, 15) is 0 Å². The van der Waals surface area contributed by atoms with Gasteiger partial charge in [-0.05, 0) is 30.9 Å². The number of aromatic nitrogens is 4. The fourth-order valence-corrected chi connectivity index (χ4v) is 2.50. The van der Waals surface area contributed by atoms with Gasteiger partial charge in [0.2, 0.25) is 0 Å². The van der Waals surface area contributed by atoms with Gasteiger partial charge in [-0.1, -0.05) is 18.3 Å². The molecule has 2 aromatic heterocycles. The lowest BCUT2D eigenvalue weighted by Crippen LogP contribution is -2.25. The minimum atomic E-state index is 0.103. The SMILES string of the molecule is CCCNC(c1cnns1)c1nccn1CCC. The molecule has 0 radical (unpaired) electrons. The minimum Gasteiger partial charge on any atom is -0.333 e. The average Bonchev–Trinajstić information content (AvgIpc) is 3.02. The first-order chi connectivity index (χ1) is 8.86. The fraction of sp³-hybridized carbons (Fsp3) is 0.583. The summed E-state index contributed by atoms with van der Waals surface area (Å²) in [7, 11) is 0. The fourth-order valence-electron chi connectivity index (χ4n) is 1.92. The van der Waals surface area contributed by atoms with Gasteiger partial charge in [-0.25, -0.2) is 4.98 Å². The predicted molar refractivity (Wildman–Crippen MR) is 72.6 cm³/mol. The third kappa shape index (κ3) is 2.94. The standard InChI is InChI=1S/C12H19N5S/c1-3-5-13-11(10-9-15-16-18-10)12-14-6-8-17(12)7-4-2/h6,8-9,11,13H,3-5,7H2,1-2H3. The number of aryl methyl sites for hydroxylation is 1. The van der Waals surface area contributed by atoms with Gasteiger partial charge in [0.05, 0.1) is 11.1 Å². The summed E-state index contributed by atoms with van der Waals surface area (Å²) in [5, 5.41) is 7.45. The maximum Gasteiger partial charge on any atom is 0.131 e. The summed E-state index contributed by atoms with van der Waals surface area (Å²) in [4.78, 5) is 5.61. The topological polar surface area (TPSA) is 55.6 Å². The average molecular weight is 265 g/mol. The number of imidazole rings is 1. The zero-order chi connectivity index (χ0) is 12.8. The van der Waals surface area contributed by atoms with Gasteiger partial charge in [0.25, 0.3) is 0 Å². The van der Waals surface area contributed by atoms with Gasteiger partial charge in [-0.2, -0.15) is 0 Å². The van der Waals surface area contributed by atoms with Gasteiger partial charge in [-0.3, -0.25) is 0 Å². The highest BCUT2D eigenvalue weighted by Gasteiger charge is 2.20. The van der Waals surface area contributed by atoms with E-state index in [2.05, 4.69) is 38.3 Å². The number of hydrogen-bond donors (Lipinski definition) is 1. The van der Waals surface area contributed by atoms with Gasteiger partial charge in [0, 0.05) is 18.9 Å². The molecule has 6 heteroatoms. The largest absolute Gasteiger partial charge is 0.333 e. The molecule has 0 fully saturated rings. The smallest absolute Gasteiger partial charge is 0.131 e. The van der Waals surface area contributed by atoms with E-state index >= 15 is 0 Å². The van der Waals surface area contributed by atoms with Crippen molar-refractivity contribution in [1.82, 2.24) is 24.5 Å². The summed E-state index contributed by atoms with van der Waals surface area (Å²) < 4.78 is 6.15. The lowest BCUT2D eigenvalue weighted by atomic mass is 10.2. The van der Waals surface area contributed by atoms with Crippen LogP contribution in [0.4, 0.5) is 0 Å². The first kappa shape index (κ1) is 13.2. The Kier molecular flexibility index (Phi) is 4.83. The summed E-state index contributed by atoms with van der Waals surface area (Å²) in [5.74, 6) is 1.05. The van der Waals surface area contributed by atoms with Crippen LogP contribution < -0.4 is 5.32 Å². The summed E-state index contributed by atoms with van der Waals surface area (Å²) in [6.45, 7) is 6.29. The Morgan fingerprint density at radius 1 is 1.39 bits per heavy atom. The molecule has 1 N–H and O–H groups in total. The molecule has 2 heterocycles. The highest BCUT2D eigenvalue weighted by Crippen LogP contribution is 2.22. The molecule has 0 bridgehead atoms. The maximum atomic E-state index is 4.50. The Morgan fingerprint density at radius 2 is 2.28 bits per heavy atom. The van der Waals surface area contributed by atoms with E-state index in [-0.39, 0.29) is 6.04 Å². The molecule has 0 aliphatic rings. The molecule has 0 aromatic carbocycles. The van der Waals surface area contributed by atoms with Crippen LogP contribution >= 0.6 is 11.5 Å². The van der Waals surface area contributed by atoms with E-state index < -0.39 is 0 Å². The molecule has 1 unspecified atom stereocenters. The molecule has 0 aliphatic heterocycles. The van der Waals surface area contributed by atoms with E-state index in [1.807, 2.05) is 18.6 Å². The van der Waals surface area contributed by atoms with Crippen LogP contribution in [0.5, 0.6) is 0 Å². The first-order valence-corrected chi connectivity index (χ1v) is 7.15. The normalized spacial score (nSPS) is 12.8. The van der Waals surface area contributed by atoms with Crippen LogP contribution in [0.3, 0.4) is 0 Å². The summed E-state index contributed by atoms with van der Waals surface area (Å²) in [6.07, 6.45) is 7.92. The highest BCUT2D eigenvalue weighted by molar-refractivity contribution is 7.05. The van der Waals surface area contributed by atoms with E-state index in [1.54, 1.807) is 0 Å². The van der Waals surface area contributed by atoms with E-state index in [0.717, 1.165) is 36.6 Å². The molecule has 0 aliphatic carbocycles. The summed E-state index contributed by atoms with van der Waals surface area (Å²) >= 11 is 1.43.